The highest BCUT2D eigenvalue weighted by Gasteiger charge is 2.14. The maximum absolute atomic E-state index is 10.9. The summed E-state index contributed by atoms with van der Waals surface area (Å²) in [5.41, 5.74) is 0.905. The largest absolute Gasteiger partial charge is 0.490 e. The fraction of sp³-hybridized carbons (Fsp3) is 0.538. The predicted octanol–water partition coefficient (Wildman–Crippen LogP) is 2.69. The number of hydrogen-bond donors (Lipinski definition) is 1. The molecular formula is C13H20N2O3S. The molecule has 0 saturated heterocycles. The summed E-state index contributed by atoms with van der Waals surface area (Å²) >= 11 is 1.82. The van der Waals surface area contributed by atoms with E-state index < -0.39 is 4.92 Å². The lowest BCUT2D eigenvalue weighted by molar-refractivity contribution is -0.385. The molecular weight excluding hydrogens is 264 g/mol. The van der Waals surface area contributed by atoms with E-state index in [1.165, 1.54) is 7.11 Å². The van der Waals surface area contributed by atoms with Crippen molar-refractivity contribution in [1.29, 1.82) is 0 Å². The standard InChI is InChI=1S/C13H20N2O3S/c1-10(9-19-3)7-14-8-11-4-5-13(18-2)12(6-11)15(16)17/h4-6,10,14H,7-9H2,1-3H3. The minimum absolute atomic E-state index is 0.0129. The topological polar surface area (TPSA) is 64.4 Å². The molecule has 0 spiro atoms. The number of methoxy groups -OCH3 is 1. The van der Waals surface area contributed by atoms with E-state index in [2.05, 4.69) is 18.5 Å². The maximum atomic E-state index is 10.9. The Morgan fingerprint density at radius 1 is 1.53 bits per heavy atom. The summed E-state index contributed by atoms with van der Waals surface area (Å²) in [4.78, 5) is 10.5. The maximum Gasteiger partial charge on any atom is 0.311 e. The molecule has 0 saturated carbocycles. The van der Waals surface area contributed by atoms with Crippen LogP contribution in [0.3, 0.4) is 0 Å². The molecule has 19 heavy (non-hydrogen) atoms. The van der Waals surface area contributed by atoms with Gasteiger partial charge < -0.3 is 10.1 Å². The smallest absolute Gasteiger partial charge is 0.311 e. The van der Waals surface area contributed by atoms with Gasteiger partial charge >= 0.3 is 5.69 Å². The first kappa shape index (κ1) is 15.8. The summed E-state index contributed by atoms with van der Waals surface area (Å²) < 4.78 is 4.97. The van der Waals surface area contributed by atoms with Crippen LogP contribution in [0, 0.1) is 16.0 Å². The number of nitrogens with one attached hydrogen (secondary N) is 1. The van der Waals surface area contributed by atoms with Crippen LogP contribution in [0.4, 0.5) is 5.69 Å². The Morgan fingerprint density at radius 2 is 2.26 bits per heavy atom. The molecule has 0 amide bonds. The van der Waals surface area contributed by atoms with E-state index >= 15 is 0 Å². The van der Waals surface area contributed by atoms with Crippen molar-refractivity contribution in [3.63, 3.8) is 0 Å². The minimum atomic E-state index is -0.418. The molecule has 0 aliphatic carbocycles. The number of ether oxygens (including phenoxy) is 1. The van der Waals surface area contributed by atoms with Crippen LogP contribution < -0.4 is 10.1 Å². The van der Waals surface area contributed by atoms with Gasteiger partial charge in [-0.1, -0.05) is 13.0 Å². The number of nitro groups is 1. The van der Waals surface area contributed by atoms with Crippen molar-refractivity contribution in [2.24, 2.45) is 5.92 Å². The van der Waals surface area contributed by atoms with Gasteiger partial charge in [0.15, 0.2) is 5.75 Å². The molecule has 0 radical (unpaired) electrons. The fourth-order valence-corrected chi connectivity index (χ4v) is 2.48. The van der Waals surface area contributed by atoms with E-state index in [9.17, 15) is 10.1 Å². The number of nitro benzene ring substituents is 1. The highest BCUT2D eigenvalue weighted by atomic mass is 32.2. The summed E-state index contributed by atoms with van der Waals surface area (Å²) in [5, 5.41) is 14.2. The van der Waals surface area contributed by atoms with Crippen LogP contribution in [0.1, 0.15) is 12.5 Å². The molecule has 0 bridgehead atoms. The van der Waals surface area contributed by atoms with E-state index in [4.69, 9.17) is 4.74 Å². The Labute approximate surface area is 117 Å². The van der Waals surface area contributed by atoms with Crippen LogP contribution >= 0.6 is 11.8 Å². The molecule has 0 heterocycles. The predicted molar refractivity (Wildman–Crippen MR) is 78.9 cm³/mol. The molecule has 1 aromatic rings. The third kappa shape index (κ3) is 5.08. The quantitative estimate of drug-likeness (QED) is 0.587. The van der Waals surface area contributed by atoms with Crippen molar-refractivity contribution in [3.8, 4) is 5.75 Å². The summed E-state index contributed by atoms with van der Waals surface area (Å²) in [6.45, 7) is 3.71. The summed E-state index contributed by atoms with van der Waals surface area (Å²) in [5.74, 6) is 1.99. The van der Waals surface area contributed by atoms with Crippen LogP contribution in [0.15, 0.2) is 18.2 Å². The Morgan fingerprint density at radius 3 is 2.84 bits per heavy atom. The molecule has 0 aliphatic heterocycles. The van der Waals surface area contributed by atoms with Crippen LogP contribution in [-0.2, 0) is 6.54 Å². The summed E-state index contributed by atoms with van der Waals surface area (Å²) in [6, 6.07) is 5.05. The van der Waals surface area contributed by atoms with Gasteiger partial charge in [0.05, 0.1) is 12.0 Å². The number of benzene rings is 1. The van der Waals surface area contributed by atoms with Gasteiger partial charge in [-0.15, -0.1) is 0 Å². The number of hydrogen-bond acceptors (Lipinski definition) is 5. The minimum Gasteiger partial charge on any atom is -0.490 e. The van der Waals surface area contributed by atoms with E-state index in [1.807, 2.05) is 17.8 Å². The molecule has 5 nitrogen and oxygen atoms in total. The first-order valence-corrected chi connectivity index (χ1v) is 7.48. The van der Waals surface area contributed by atoms with Crippen molar-refractivity contribution >= 4 is 17.4 Å². The van der Waals surface area contributed by atoms with Gasteiger partial charge in [0.25, 0.3) is 0 Å². The van der Waals surface area contributed by atoms with Gasteiger partial charge in [0, 0.05) is 12.6 Å². The Hall–Kier alpha value is -1.27. The van der Waals surface area contributed by atoms with Gasteiger partial charge in [-0.2, -0.15) is 11.8 Å². The van der Waals surface area contributed by atoms with Gasteiger partial charge in [-0.25, -0.2) is 0 Å². The molecule has 1 aromatic carbocycles. The third-order valence-electron chi connectivity index (χ3n) is 2.71. The van der Waals surface area contributed by atoms with Crippen LogP contribution in [-0.4, -0.2) is 30.6 Å². The van der Waals surface area contributed by atoms with E-state index in [-0.39, 0.29) is 5.69 Å². The zero-order valence-electron chi connectivity index (χ0n) is 11.5. The molecule has 1 unspecified atom stereocenters. The average Bonchev–Trinajstić information content (AvgIpc) is 2.38. The highest BCUT2D eigenvalue weighted by Crippen LogP contribution is 2.27. The number of nitrogens with zero attached hydrogens (tertiary/aromatic N) is 1. The Balaban J connectivity index is 2.60. The summed E-state index contributed by atoms with van der Waals surface area (Å²) in [7, 11) is 1.43. The van der Waals surface area contributed by atoms with E-state index in [0.29, 0.717) is 18.2 Å². The van der Waals surface area contributed by atoms with Gasteiger partial charge in [-0.05, 0) is 36.1 Å². The highest BCUT2D eigenvalue weighted by molar-refractivity contribution is 7.98. The molecule has 6 heteroatoms. The van der Waals surface area contributed by atoms with E-state index in [1.54, 1.807) is 12.1 Å². The van der Waals surface area contributed by atoms with Gasteiger partial charge in [0.1, 0.15) is 0 Å². The van der Waals surface area contributed by atoms with E-state index in [0.717, 1.165) is 17.9 Å². The van der Waals surface area contributed by atoms with Crippen LogP contribution in [0.25, 0.3) is 0 Å². The lowest BCUT2D eigenvalue weighted by Gasteiger charge is -2.11. The molecule has 106 valence electrons. The normalized spacial score (nSPS) is 12.2. The molecule has 1 N–H and O–H groups in total. The van der Waals surface area contributed by atoms with Crippen molar-refractivity contribution in [2.75, 3.05) is 25.7 Å². The average molecular weight is 284 g/mol. The SMILES string of the molecule is COc1ccc(CNCC(C)CSC)cc1[N+](=O)[O-]. The monoisotopic (exact) mass is 284 g/mol. The second-order valence-electron chi connectivity index (χ2n) is 4.45. The summed E-state index contributed by atoms with van der Waals surface area (Å²) in [6.07, 6.45) is 2.09. The fourth-order valence-electron chi connectivity index (χ4n) is 1.79. The number of thioether (sulfide) groups is 1. The van der Waals surface area contributed by atoms with Gasteiger partial charge in [0.2, 0.25) is 0 Å². The van der Waals surface area contributed by atoms with Crippen molar-refractivity contribution in [2.45, 2.75) is 13.5 Å². The van der Waals surface area contributed by atoms with Crippen LogP contribution in [0.5, 0.6) is 5.75 Å². The molecule has 1 atom stereocenters. The van der Waals surface area contributed by atoms with Gasteiger partial charge in [-0.3, -0.25) is 10.1 Å². The lowest BCUT2D eigenvalue weighted by atomic mass is 10.1. The molecule has 1 rings (SSSR count). The number of rotatable bonds is 8. The Kier molecular flexibility index (Phi) is 6.66. The first-order chi connectivity index (χ1) is 9.08. The molecule has 0 fully saturated rings. The van der Waals surface area contributed by atoms with Crippen molar-refractivity contribution in [1.82, 2.24) is 5.32 Å². The van der Waals surface area contributed by atoms with Crippen molar-refractivity contribution < 1.29 is 9.66 Å². The zero-order chi connectivity index (χ0) is 14.3. The third-order valence-corrected chi connectivity index (χ3v) is 3.62. The molecule has 0 aromatic heterocycles. The zero-order valence-corrected chi connectivity index (χ0v) is 12.3. The lowest BCUT2D eigenvalue weighted by Crippen LogP contribution is -2.22. The molecule has 0 aliphatic rings. The second-order valence-corrected chi connectivity index (χ2v) is 5.37. The first-order valence-electron chi connectivity index (χ1n) is 6.09. The van der Waals surface area contributed by atoms with Crippen molar-refractivity contribution in [3.05, 3.63) is 33.9 Å². The van der Waals surface area contributed by atoms with Crippen LogP contribution in [0.2, 0.25) is 0 Å². The second kappa shape index (κ2) is 8.01. The Bertz CT molecular complexity index is 426.